The minimum atomic E-state index is -5.34. The molecule has 208 valence electrons. The van der Waals surface area contributed by atoms with Crippen molar-refractivity contribution in [2.45, 2.75) is 33.9 Å². The van der Waals surface area contributed by atoms with E-state index in [1.165, 1.54) is 6.07 Å². The molecule has 11 nitrogen and oxygen atoms in total. The molecule has 0 aliphatic carbocycles. The summed E-state index contributed by atoms with van der Waals surface area (Å²) in [5, 5.41) is -1.33. The van der Waals surface area contributed by atoms with E-state index in [4.69, 9.17) is 4.74 Å². The minimum absolute atomic E-state index is 0. The maximum Gasteiger partial charge on any atom is 1.00 e. The van der Waals surface area contributed by atoms with Gasteiger partial charge in [-0.2, -0.15) is 0 Å². The van der Waals surface area contributed by atoms with Crippen LogP contribution < -0.4 is 93.4 Å². The van der Waals surface area contributed by atoms with Gasteiger partial charge in [0.05, 0.1) is 21.1 Å². The van der Waals surface area contributed by atoms with Crippen LogP contribution in [0.25, 0.3) is 32.3 Å². The van der Waals surface area contributed by atoms with Crippen molar-refractivity contribution >= 4 is 68.6 Å². The van der Waals surface area contributed by atoms with Gasteiger partial charge in [-0.3, -0.25) is 4.79 Å². The number of hydrogen-bond donors (Lipinski definition) is 0. The predicted molar refractivity (Wildman–Crippen MR) is 139 cm³/mol. The molecule has 0 saturated heterocycles. The van der Waals surface area contributed by atoms with Gasteiger partial charge in [0.1, 0.15) is 36.1 Å². The Morgan fingerprint density at radius 2 is 1.05 bits per heavy atom. The largest absolute Gasteiger partial charge is 1.00 e. The van der Waals surface area contributed by atoms with Crippen LogP contribution >= 0.6 is 0 Å². The fraction of sp³-hybridized carbons (Fsp3) is 0.115. The van der Waals surface area contributed by atoms with Gasteiger partial charge < -0.3 is 18.4 Å². The molecule has 17 heteroatoms. The molecule has 0 aliphatic rings. The monoisotopic (exact) mass is 670 g/mol. The van der Waals surface area contributed by atoms with Gasteiger partial charge in [-0.05, 0) is 29.7 Å². The summed E-state index contributed by atoms with van der Waals surface area (Å²) in [6, 6.07) is 14.8. The molecule has 0 aliphatic heterocycles. The van der Waals surface area contributed by atoms with Crippen molar-refractivity contribution in [2.24, 2.45) is 0 Å². The summed E-state index contributed by atoms with van der Waals surface area (Å²) in [6.07, 6.45) is -0.136. The third-order valence-corrected chi connectivity index (χ3v) is 9.25. The van der Waals surface area contributed by atoms with Crippen LogP contribution in [0.15, 0.2) is 81.4 Å². The van der Waals surface area contributed by atoms with Crippen LogP contribution in [0.4, 0.5) is 0 Å². The molecule has 0 heterocycles. The topological polar surface area (TPSA) is 198 Å². The molecular formula is C26H17Na3O11S3. The molecule has 5 aromatic carbocycles. The molecule has 43 heavy (non-hydrogen) atoms. The normalized spacial score (nSPS) is 12.7. The Hall–Kier alpha value is -0.660. The van der Waals surface area contributed by atoms with Crippen molar-refractivity contribution in [3.8, 4) is 5.75 Å². The van der Waals surface area contributed by atoms with Crippen LogP contribution in [0.2, 0.25) is 0 Å². The molecule has 0 unspecified atom stereocenters. The number of hydrogen-bond acceptors (Lipinski definition) is 11. The number of benzene rings is 5. The molecule has 0 fully saturated rings. The van der Waals surface area contributed by atoms with E-state index >= 15 is 0 Å². The third kappa shape index (κ3) is 7.67. The molecule has 1 atom stereocenters. The van der Waals surface area contributed by atoms with Crippen LogP contribution in [0.5, 0.6) is 5.75 Å². The summed E-state index contributed by atoms with van der Waals surface area (Å²) in [7, 11) is -15.9. The summed E-state index contributed by atoms with van der Waals surface area (Å²) >= 11 is 0. The molecule has 0 bridgehead atoms. The van der Waals surface area contributed by atoms with E-state index in [0.29, 0.717) is 6.07 Å². The first-order valence-corrected chi connectivity index (χ1v) is 15.7. The fourth-order valence-corrected chi connectivity index (χ4v) is 7.05. The Morgan fingerprint density at radius 3 is 1.49 bits per heavy atom. The first-order chi connectivity index (χ1) is 18.6. The van der Waals surface area contributed by atoms with E-state index in [1.54, 1.807) is 37.3 Å². The molecule has 5 aromatic rings. The number of carbonyl (C=O) groups is 1. The second-order valence-corrected chi connectivity index (χ2v) is 13.2. The molecule has 5 rings (SSSR count). The summed E-state index contributed by atoms with van der Waals surface area (Å²) in [5.41, 5.74) is 0.829. The Balaban J connectivity index is 0.00000215. The SMILES string of the molecule is C[C@H](CC(=O)Oc1cc(S(=O)(=O)[O-])c2ccc3c(S(=O)(=O)[O-])cc(S(=O)(=O)[O-])c4ccc1c2c43)c1ccccc1.[Na+].[Na+].[Na+]. The van der Waals surface area contributed by atoms with Crippen molar-refractivity contribution in [2.75, 3.05) is 0 Å². The summed E-state index contributed by atoms with van der Waals surface area (Å²) in [4.78, 5) is 9.99. The van der Waals surface area contributed by atoms with E-state index < -0.39 is 51.0 Å². The van der Waals surface area contributed by atoms with Gasteiger partial charge in [-0.1, -0.05) is 55.5 Å². The molecule has 0 radical (unpaired) electrons. The van der Waals surface area contributed by atoms with E-state index in [-0.39, 0.29) is 139 Å². The molecule has 0 saturated carbocycles. The Morgan fingerprint density at radius 1 is 0.651 bits per heavy atom. The Bertz CT molecular complexity index is 2120. The second-order valence-electron chi connectivity index (χ2n) is 9.17. The smallest absolute Gasteiger partial charge is 0.744 e. The van der Waals surface area contributed by atoms with Crippen LogP contribution in [0, 0.1) is 0 Å². The zero-order chi connectivity index (χ0) is 29.2. The second kappa shape index (κ2) is 14.0. The minimum Gasteiger partial charge on any atom is -0.744 e. The van der Waals surface area contributed by atoms with E-state index in [1.807, 2.05) is 0 Å². The van der Waals surface area contributed by atoms with E-state index in [0.717, 1.165) is 29.8 Å². The Kier molecular flexibility index (Phi) is 12.5. The number of carbonyl (C=O) groups excluding carboxylic acids is 1. The van der Waals surface area contributed by atoms with Gasteiger partial charge in [0.25, 0.3) is 0 Å². The summed E-state index contributed by atoms with van der Waals surface area (Å²) in [6.45, 7) is 1.77. The average molecular weight is 671 g/mol. The third-order valence-electron chi connectivity index (χ3n) is 6.62. The zero-order valence-electron chi connectivity index (χ0n) is 23.4. The van der Waals surface area contributed by atoms with Crippen LogP contribution in [-0.2, 0) is 35.1 Å². The quantitative estimate of drug-likeness (QED) is 0.0526. The maximum absolute atomic E-state index is 12.9. The van der Waals surface area contributed by atoms with Gasteiger partial charge >= 0.3 is 94.6 Å². The van der Waals surface area contributed by atoms with Crippen molar-refractivity contribution in [3.63, 3.8) is 0 Å². The first kappa shape index (κ1) is 38.5. The van der Waals surface area contributed by atoms with Crippen LogP contribution in [-0.4, -0.2) is 44.9 Å². The van der Waals surface area contributed by atoms with Gasteiger partial charge in [0.2, 0.25) is 0 Å². The standard InChI is InChI=1S/C26H20O11S3.3Na/c1-14(15-5-3-2-4-6-15)11-24(27)37-20-12-21(38(28,29)30)17-9-10-19-23(40(34,35)36)13-22(39(31,32)33)18-8-7-16(20)25(17)26(18)19;;;/h2-10,12-14H,11H2,1H3,(H,28,29,30)(H,31,32,33)(H,34,35,36);;;/q;3*+1/p-3/t14-;;;/m1.../s1. The fourth-order valence-electron chi connectivity index (χ4n) is 4.88. The molecule has 0 aromatic heterocycles. The van der Waals surface area contributed by atoms with Crippen molar-refractivity contribution in [1.29, 1.82) is 0 Å². The summed E-state index contributed by atoms with van der Waals surface area (Å²) < 4.78 is 115. The number of ether oxygens (including phenoxy) is 1. The number of esters is 1. The number of rotatable bonds is 7. The van der Waals surface area contributed by atoms with Gasteiger partial charge in [-0.25, -0.2) is 25.3 Å². The zero-order valence-corrected chi connectivity index (χ0v) is 31.8. The Labute approximate surface area is 313 Å². The van der Waals surface area contributed by atoms with E-state index in [2.05, 4.69) is 0 Å². The van der Waals surface area contributed by atoms with Gasteiger partial charge in [0.15, 0.2) is 0 Å². The molecule has 0 spiro atoms. The molecule has 0 N–H and O–H groups in total. The average Bonchev–Trinajstić information content (AvgIpc) is 2.86. The molecule has 0 amide bonds. The van der Waals surface area contributed by atoms with Crippen LogP contribution in [0.1, 0.15) is 24.8 Å². The molecular weight excluding hydrogens is 653 g/mol. The van der Waals surface area contributed by atoms with Crippen molar-refractivity contribution < 1.29 is 137 Å². The van der Waals surface area contributed by atoms with E-state index in [9.17, 15) is 43.7 Å². The first-order valence-electron chi connectivity index (χ1n) is 11.5. The predicted octanol–water partition coefficient (Wildman–Crippen LogP) is -5.59. The summed E-state index contributed by atoms with van der Waals surface area (Å²) in [5.74, 6) is -1.46. The van der Waals surface area contributed by atoms with Gasteiger partial charge in [-0.15, -0.1) is 0 Å². The van der Waals surface area contributed by atoms with Crippen LogP contribution in [0.3, 0.4) is 0 Å². The van der Waals surface area contributed by atoms with Crippen molar-refractivity contribution in [1.82, 2.24) is 0 Å². The van der Waals surface area contributed by atoms with Crippen molar-refractivity contribution in [3.05, 3.63) is 72.3 Å². The van der Waals surface area contributed by atoms with Gasteiger partial charge in [0, 0.05) is 32.3 Å². The maximum atomic E-state index is 12.9.